The summed E-state index contributed by atoms with van der Waals surface area (Å²) >= 11 is 0. The number of ether oxygens (including phenoxy) is 1. The summed E-state index contributed by atoms with van der Waals surface area (Å²) < 4.78 is 6.14. The first-order valence-corrected chi connectivity index (χ1v) is 22.2. The van der Waals surface area contributed by atoms with Crippen molar-refractivity contribution in [1.29, 1.82) is 0 Å². The lowest BCUT2D eigenvalue weighted by molar-refractivity contribution is -0.151. The molecule has 0 aromatic carbocycles. The molecule has 0 amide bonds. The molecule has 0 heterocycles. The van der Waals surface area contributed by atoms with Gasteiger partial charge in [-0.15, -0.1) is 0 Å². The Balaban J connectivity index is 1.13. The summed E-state index contributed by atoms with van der Waals surface area (Å²) in [6, 6.07) is 0. The van der Waals surface area contributed by atoms with Crippen LogP contribution in [0.2, 0.25) is 0 Å². The molecular formula is C47H82O2. The van der Waals surface area contributed by atoms with Gasteiger partial charge in [-0.3, -0.25) is 4.79 Å². The van der Waals surface area contributed by atoms with Gasteiger partial charge in [0.15, 0.2) is 0 Å². The normalized spacial score (nSPS) is 32.4. The molecule has 0 saturated heterocycles. The molecule has 4 aliphatic rings. The highest BCUT2D eigenvalue weighted by molar-refractivity contribution is 5.69. The van der Waals surface area contributed by atoms with E-state index in [2.05, 4.69) is 66.7 Å². The van der Waals surface area contributed by atoms with E-state index in [9.17, 15) is 4.79 Å². The second-order valence-corrected chi connectivity index (χ2v) is 18.6. The van der Waals surface area contributed by atoms with Gasteiger partial charge in [0.2, 0.25) is 0 Å². The zero-order valence-electron chi connectivity index (χ0n) is 33.8. The van der Waals surface area contributed by atoms with Crippen LogP contribution in [-0.2, 0) is 9.53 Å². The number of carbonyl (C=O) groups is 1. The van der Waals surface area contributed by atoms with Crippen molar-refractivity contribution >= 4 is 5.97 Å². The highest BCUT2D eigenvalue weighted by Crippen LogP contribution is 2.67. The SMILES string of the molecule is CCCCCCCCCCCCCCCCCC(=O)OC1CCC2(C)C(=CCC3C2CCC2(C)C(C(C)C=CC(CC)C(C)C)CCC32)C1. The van der Waals surface area contributed by atoms with E-state index in [0.29, 0.717) is 29.1 Å². The van der Waals surface area contributed by atoms with Crippen molar-refractivity contribution in [3.63, 3.8) is 0 Å². The molecule has 9 unspecified atom stereocenters. The number of rotatable bonds is 22. The Bertz CT molecular complexity index is 1020. The number of allylic oxidation sites excluding steroid dienone is 3. The van der Waals surface area contributed by atoms with Gasteiger partial charge >= 0.3 is 5.97 Å². The van der Waals surface area contributed by atoms with E-state index in [0.717, 1.165) is 48.9 Å². The first-order valence-electron chi connectivity index (χ1n) is 22.2. The maximum absolute atomic E-state index is 12.8. The zero-order chi connectivity index (χ0) is 35.3. The smallest absolute Gasteiger partial charge is 0.306 e. The number of hydrogen-bond donors (Lipinski definition) is 0. The summed E-state index contributed by atoms with van der Waals surface area (Å²) in [6.07, 6.45) is 40.3. The molecule has 0 spiro atoms. The van der Waals surface area contributed by atoms with Crippen molar-refractivity contribution in [3.8, 4) is 0 Å². The lowest BCUT2D eigenvalue weighted by Crippen LogP contribution is -2.51. The first-order chi connectivity index (χ1) is 23.6. The van der Waals surface area contributed by atoms with Crippen LogP contribution in [0.4, 0.5) is 0 Å². The molecule has 4 rings (SSSR count). The van der Waals surface area contributed by atoms with Crippen molar-refractivity contribution in [2.75, 3.05) is 0 Å². The molecule has 0 aliphatic heterocycles. The van der Waals surface area contributed by atoms with Gasteiger partial charge in [-0.25, -0.2) is 0 Å². The largest absolute Gasteiger partial charge is 0.462 e. The molecule has 3 fully saturated rings. The minimum atomic E-state index is 0.0600. The van der Waals surface area contributed by atoms with Crippen molar-refractivity contribution in [1.82, 2.24) is 0 Å². The number of hydrogen-bond acceptors (Lipinski definition) is 2. The summed E-state index contributed by atoms with van der Waals surface area (Å²) in [5.41, 5.74) is 2.45. The monoisotopic (exact) mass is 679 g/mol. The zero-order valence-corrected chi connectivity index (χ0v) is 33.8. The van der Waals surface area contributed by atoms with Crippen LogP contribution >= 0.6 is 0 Å². The molecule has 0 N–H and O–H groups in total. The third-order valence-electron chi connectivity index (χ3n) is 15.0. The van der Waals surface area contributed by atoms with Gasteiger partial charge in [0.1, 0.15) is 6.10 Å². The van der Waals surface area contributed by atoms with Gasteiger partial charge < -0.3 is 4.74 Å². The molecule has 0 radical (unpaired) electrons. The minimum Gasteiger partial charge on any atom is -0.462 e. The average molecular weight is 679 g/mol. The maximum atomic E-state index is 12.8. The van der Waals surface area contributed by atoms with E-state index in [-0.39, 0.29) is 12.1 Å². The van der Waals surface area contributed by atoms with Gasteiger partial charge in [-0.05, 0) is 110 Å². The molecule has 49 heavy (non-hydrogen) atoms. The number of carbonyl (C=O) groups excluding carboxylic acids is 1. The lowest BCUT2D eigenvalue weighted by Gasteiger charge is -2.58. The quantitative estimate of drug-likeness (QED) is 0.0647. The van der Waals surface area contributed by atoms with E-state index in [1.165, 1.54) is 135 Å². The summed E-state index contributed by atoms with van der Waals surface area (Å²) in [7, 11) is 0. The van der Waals surface area contributed by atoms with Gasteiger partial charge in [-0.2, -0.15) is 0 Å². The van der Waals surface area contributed by atoms with Crippen LogP contribution in [0, 0.1) is 52.3 Å². The predicted octanol–water partition coefficient (Wildman–Crippen LogP) is 14.6. The van der Waals surface area contributed by atoms with Crippen LogP contribution in [0.3, 0.4) is 0 Å². The minimum absolute atomic E-state index is 0.0600. The van der Waals surface area contributed by atoms with Gasteiger partial charge in [0, 0.05) is 12.8 Å². The van der Waals surface area contributed by atoms with Crippen molar-refractivity contribution < 1.29 is 9.53 Å². The number of fused-ring (bicyclic) bond motifs is 5. The predicted molar refractivity (Wildman–Crippen MR) is 212 cm³/mol. The van der Waals surface area contributed by atoms with Gasteiger partial charge in [0.25, 0.3) is 0 Å². The summed E-state index contributed by atoms with van der Waals surface area (Å²) in [4.78, 5) is 12.8. The first kappa shape index (κ1) is 40.7. The van der Waals surface area contributed by atoms with Crippen LogP contribution in [0.1, 0.15) is 209 Å². The summed E-state index contributed by atoms with van der Waals surface area (Å²) in [5, 5.41) is 0. The Morgan fingerprint density at radius 2 is 1.39 bits per heavy atom. The Morgan fingerprint density at radius 3 is 1.98 bits per heavy atom. The molecule has 2 heteroatoms. The standard InChI is InChI=1S/C47H82O2/c1-8-10-11-12-13-14-15-16-17-18-19-20-21-22-23-24-45(48)49-40-31-33-46(6)39(35-40)27-28-41-43-30-29-42(47(43,7)34-32-44(41)46)37(5)25-26-38(9-2)36(3)4/h25-27,36-38,40-44H,8-24,28-35H2,1-7H3. The van der Waals surface area contributed by atoms with Gasteiger partial charge in [-0.1, -0.05) is 162 Å². The Morgan fingerprint density at radius 1 is 0.776 bits per heavy atom. The molecule has 9 atom stereocenters. The third kappa shape index (κ3) is 11.0. The van der Waals surface area contributed by atoms with E-state index >= 15 is 0 Å². The fourth-order valence-corrected chi connectivity index (χ4v) is 11.8. The van der Waals surface area contributed by atoms with Crippen molar-refractivity contribution in [2.45, 2.75) is 215 Å². The molecule has 0 aromatic rings. The summed E-state index contributed by atoms with van der Waals surface area (Å²) in [5.74, 6) is 5.56. The van der Waals surface area contributed by atoms with E-state index in [1.807, 2.05) is 0 Å². The molecule has 0 bridgehead atoms. The number of esters is 1. The van der Waals surface area contributed by atoms with Crippen LogP contribution in [-0.4, -0.2) is 12.1 Å². The topological polar surface area (TPSA) is 26.3 Å². The highest BCUT2D eigenvalue weighted by atomic mass is 16.5. The maximum Gasteiger partial charge on any atom is 0.306 e. The van der Waals surface area contributed by atoms with Crippen molar-refractivity contribution in [3.05, 3.63) is 23.8 Å². The van der Waals surface area contributed by atoms with Gasteiger partial charge in [0.05, 0.1) is 0 Å². The molecule has 2 nitrogen and oxygen atoms in total. The fraction of sp³-hybridized carbons (Fsp3) is 0.894. The third-order valence-corrected chi connectivity index (χ3v) is 15.0. The van der Waals surface area contributed by atoms with E-state index in [4.69, 9.17) is 4.74 Å². The highest BCUT2D eigenvalue weighted by Gasteiger charge is 2.59. The molecular weight excluding hydrogens is 597 g/mol. The average Bonchev–Trinajstić information content (AvgIpc) is 3.44. The lowest BCUT2D eigenvalue weighted by atomic mass is 9.47. The van der Waals surface area contributed by atoms with E-state index < -0.39 is 0 Å². The van der Waals surface area contributed by atoms with Crippen LogP contribution in [0.5, 0.6) is 0 Å². The van der Waals surface area contributed by atoms with Crippen molar-refractivity contribution in [2.24, 2.45) is 52.3 Å². The van der Waals surface area contributed by atoms with Crippen LogP contribution < -0.4 is 0 Å². The number of unbranched alkanes of at least 4 members (excludes halogenated alkanes) is 14. The summed E-state index contributed by atoms with van der Waals surface area (Å²) in [6.45, 7) is 17.2. The van der Waals surface area contributed by atoms with Crippen LogP contribution in [0.25, 0.3) is 0 Å². The fourth-order valence-electron chi connectivity index (χ4n) is 11.8. The molecule has 0 aromatic heterocycles. The van der Waals surface area contributed by atoms with Crippen LogP contribution in [0.15, 0.2) is 23.8 Å². The second-order valence-electron chi connectivity index (χ2n) is 18.6. The van der Waals surface area contributed by atoms with E-state index in [1.54, 1.807) is 5.57 Å². The second kappa shape index (κ2) is 20.3. The Kier molecular flexibility index (Phi) is 16.8. The Hall–Kier alpha value is -1.05. The molecule has 3 saturated carbocycles. The molecule has 4 aliphatic carbocycles. The Labute approximate surface area is 305 Å². The molecule has 282 valence electrons.